The van der Waals surface area contributed by atoms with Crippen molar-refractivity contribution in [3.8, 4) is 5.75 Å². The third kappa shape index (κ3) is 5.96. The van der Waals surface area contributed by atoms with Crippen LogP contribution in [-0.2, 0) is 17.8 Å². The van der Waals surface area contributed by atoms with E-state index in [-0.39, 0.29) is 12.1 Å². The molecule has 2 aromatic rings. The molecule has 0 spiro atoms. The minimum Gasteiger partial charge on any atom is -0.497 e. The first-order chi connectivity index (χ1) is 13.2. The van der Waals surface area contributed by atoms with Crippen LogP contribution in [0.1, 0.15) is 24.1 Å². The fourth-order valence-corrected chi connectivity index (χ4v) is 3.20. The maximum Gasteiger partial charge on any atom is 0.317 e. The first kappa shape index (κ1) is 19.2. The standard InChI is InChI=1S/C21H27N3O3/c1-26-19-8-4-6-17(14-19)10-12-23-21(25)24-13-5-9-20(15-24)27-16-18-7-2-3-11-22-18/h2-4,6-8,11,14,20H,5,9-10,12-13,15-16H2,1H3,(H,23,25)/t20-/m1/s1. The van der Waals surface area contributed by atoms with E-state index in [1.165, 1.54) is 0 Å². The number of aromatic nitrogens is 1. The molecule has 6 heteroatoms. The molecule has 1 fully saturated rings. The molecule has 6 nitrogen and oxygen atoms in total. The Hall–Kier alpha value is -2.60. The van der Waals surface area contributed by atoms with Crippen molar-refractivity contribution in [2.24, 2.45) is 0 Å². The van der Waals surface area contributed by atoms with Crippen LogP contribution < -0.4 is 10.1 Å². The molecule has 1 atom stereocenters. The Bertz CT molecular complexity index is 724. The Morgan fingerprint density at radius 1 is 1.30 bits per heavy atom. The lowest BCUT2D eigenvalue weighted by Crippen LogP contribution is -2.48. The summed E-state index contributed by atoms with van der Waals surface area (Å²) in [6.07, 6.45) is 4.53. The van der Waals surface area contributed by atoms with Gasteiger partial charge in [0.25, 0.3) is 0 Å². The van der Waals surface area contributed by atoms with Crippen molar-refractivity contribution in [2.45, 2.75) is 32.0 Å². The van der Waals surface area contributed by atoms with Crippen LogP contribution in [0.2, 0.25) is 0 Å². The largest absolute Gasteiger partial charge is 0.497 e. The van der Waals surface area contributed by atoms with Crippen molar-refractivity contribution in [3.05, 3.63) is 59.9 Å². The van der Waals surface area contributed by atoms with Gasteiger partial charge >= 0.3 is 6.03 Å². The van der Waals surface area contributed by atoms with Gasteiger partial charge in [-0.15, -0.1) is 0 Å². The number of nitrogens with zero attached hydrogens (tertiary/aromatic N) is 2. The molecule has 1 saturated heterocycles. The molecule has 1 aliphatic rings. The minimum atomic E-state index is -0.0240. The molecule has 1 N–H and O–H groups in total. The van der Waals surface area contributed by atoms with E-state index in [4.69, 9.17) is 9.47 Å². The number of carbonyl (C=O) groups excluding carboxylic acids is 1. The first-order valence-electron chi connectivity index (χ1n) is 9.42. The lowest BCUT2D eigenvalue weighted by molar-refractivity contribution is -0.00162. The van der Waals surface area contributed by atoms with Crippen molar-refractivity contribution in [1.29, 1.82) is 0 Å². The molecule has 1 aliphatic heterocycles. The molecule has 0 saturated carbocycles. The third-order valence-electron chi connectivity index (χ3n) is 4.68. The molecular formula is C21H27N3O3. The highest BCUT2D eigenvalue weighted by Crippen LogP contribution is 2.15. The van der Waals surface area contributed by atoms with Gasteiger partial charge in [0.2, 0.25) is 0 Å². The van der Waals surface area contributed by atoms with Gasteiger partial charge in [0, 0.05) is 25.8 Å². The van der Waals surface area contributed by atoms with Crippen LogP contribution in [0.5, 0.6) is 5.75 Å². The summed E-state index contributed by atoms with van der Waals surface area (Å²) in [5.74, 6) is 0.836. The van der Waals surface area contributed by atoms with Crippen LogP contribution in [0.25, 0.3) is 0 Å². The molecule has 3 rings (SSSR count). The molecule has 0 aliphatic carbocycles. The molecule has 1 aromatic heterocycles. The van der Waals surface area contributed by atoms with E-state index in [2.05, 4.69) is 10.3 Å². The van der Waals surface area contributed by atoms with Crippen LogP contribution in [0.3, 0.4) is 0 Å². The zero-order valence-corrected chi connectivity index (χ0v) is 15.8. The van der Waals surface area contributed by atoms with Crippen LogP contribution in [0, 0.1) is 0 Å². The zero-order valence-electron chi connectivity index (χ0n) is 15.8. The quantitative estimate of drug-likeness (QED) is 0.815. The second kappa shape index (κ2) is 9.92. The summed E-state index contributed by atoms with van der Waals surface area (Å²) in [7, 11) is 1.66. The van der Waals surface area contributed by atoms with Crippen LogP contribution >= 0.6 is 0 Å². The number of pyridine rings is 1. The summed E-state index contributed by atoms with van der Waals surface area (Å²) in [6, 6.07) is 13.7. The van der Waals surface area contributed by atoms with E-state index in [9.17, 15) is 4.79 Å². The van der Waals surface area contributed by atoms with Gasteiger partial charge in [0.05, 0.1) is 25.5 Å². The maximum atomic E-state index is 12.5. The Labute approximate surface area is 160 Å². The van der Waals surface area contributed by atoms with Crippen molar-refractivity contribution >= 4 is 6.03 Å². The van der Waals surface area contributed by atoms with Crippen molar-refractivity contribution in [3.63, 3.8) is 0 Å². The predicted molar refractivity (Wildman–Crippen MR) is 104 cm³/mol. The van der Waals surface area contributed by atoms with Gasteiger partial charge in [-0.3, -0.25) is 4.98 Å². The average molecular weight is 369 g/mol. The monoisotopic (exact) mass is 369 g/mol. The normalized spacial score (nSPS) is 16.8. The van der Waals surface area contributed by atoms with Gasteiger partial charge < -0.3 is 19.7 Å². The highest BCUT2D eigenvalue weighted by atomic mass is 16.5. The summed E-state index contributed by atoms with van der Waals surface area (Å²) in [5.41, 5.74) is 2.06. The van der Waals surface area contributed by atoms with Crippen LogP contribution in [-0.4, -0.2) is 48.8 Å². The zero-order chi connectivity index (χ0) is 18.9. The smallest absolute Gasteiger partial charge is 0.317 e. The summed E-state index contributed by atoms with van der Waals surface area (Å²) in [5, 5.41) is 3.01. The number of carbonyl (C=O) groups is 1. The first-order valence-corrected chi connectivity index (χ1v) is 9.42. The molecule has 27 heavy (non-hydrogen) atoms. The molecule has 0 unspecified atom stereocenters. The van der Waals surface area contributed by atoms with Crippen molar-refractivity contribution in [2.75, 3.05) is 26.7 Å². The number of piperidine rings is 1. The number of benzene rings is 1. The fraction of sp³-hybridized carbons (Fsp3) is 0.429. The molecule has 144 valence electrons. The topological polar surface area (TPSA) is 63.7 Å². The van der Waals surface area contributed by atoms with Gasteiger partial charge in [-0.2, -0.15) is 0 Å². The number of rotatable bonds is 7. The number of nitrogens with one attached hydrogen (secondary N) is 1. The SMILES string of the molecule is COc1cccc(CCNC(=O)N2CCC[C@@H](OCc3ccccn3)C2)c1. The molecule has 0 bridgehead atoms. The molecular weight excluding hydrogens is 342 g/mol. The second-order valence-electron chi connectivity index (χ2n) is 6.68. The number of hydrogen-bond acceptors (Lipinski definition) is 4. The predicted octanol–water partition coefficient (Wildman–Crippen LogP) is 3.02. The molecule has 2 amide bonds. The Kier molecular flexibility index (Phi) is 7.04. The molecule has 2 heterocycles. The van der Waals surface area contributed by atoms with Gasteiger partial charge in [0.15, 0.2) is 0 Å². The summed E-state index contributed by atoms with van der Waals surface area (Å²) in [6.45, 7) is 2.48. The Balaban J connectivity index is 1.41. The summed E-state index contributed by atoms with van der Waals surface area (Å²) < 4.78 is 11.2. The van der Waals surface area contributed by atoms with Gasteiger partial charge in [-0.1, -0.05) is 18.2 Å². The highest BCUT2D eigenvalue weighted by Gasteiger charge is 2.24. The Morgan fingerprint density at radius 3 is 3.04 bits per heavy atom. The number of ether oxygens (including phenoxy) is 2. The fourth-order valence-electron chi connectivity index (χ4n) is 3.20. The van der Waals surface area contributed by atoms with Crippen molar-refractivity contribution < 1.29 is 14.3 Å². The number of methoxy groups -OCH3 is 1. The summed E-state index contributed by atoms with van der Waals surface area (Å²) in [4.78, 5) is 18.6. The van der Waals surface area contributed by atoms with E-state index >= 15 is 0 Å². The number of amides is 2. The minimum absolute atomic E-state index is 0.0240. The number of urea groups is 1. The molecule has 1 aromatic carbocycles. The lowest BCUT2D eigenvalue weighted by Gasteiger charge is -2.32. The Morgan fingerprint density at radius 2 is 2.22 bits per heavy atom. The van der Waals surface area contributed by atoms with Gasteiger partial charge in [0.1, 0.15) is 5.75 Å². The number of hydrogen-bond donors (Lipinski definition) is 1. The van der Waals surface area contributed by atoms with Crippen LogP contribution in [0.15, 0.2) is 48.7 Å². The van der Waals surface area contributed by atoms with Gasteiger partial charge in [-0.05, 0) is 49.1 Å². The van der Waals surface area contributed by atoms with Crippen molar-refractivity contribution in [1.82, 2.24) is 15.2 Å². The van der Waals surface area contributed by atoms with E-state index in [0.717, 1.165) is 42.8 Å². The van der Waals surface area contributed by atoms with E-state index in [1.54, 1.807) is 13.3 Å². The lowest BCUT2D eigenvalue weighted by atomic mass is 10.1. The maximum absolute atomic E-state index is 12.5. The number of likely N-dealkylation sites (tertiary alicyclic amines) is 1. The van der Waals surface area contributed by atoms with E-state index in [1.807, 2.05) is 47.4 Å². The van der Waals surface area contributed by atoms with Gasteiger partial charge in [-0.25, -0.2) is 4.79 Å². The van der Waals surface area contributed by atoms with E-state index < -0.39 is 0 Å². The second-order valence-corrected chi connectivity index (χ2v) is 6.68. The van der Waals surface area contributed by atoms with E-state index in [0.29, 0.717) is 19.7 Å². The summed E-state index contributed by atoms with van der Waals surface area (Å²) >= 11 is 0. The van der Waals surface area contributed by atoms with Crippen LogP contribution in [0.4, 0.5) is 4.79 Å². The highest BCUT2D eigenvalue weighted by molar-refractivity contribution is 5.74. The molecule has 0 radical (unpaired) electrons. The average Bonchev–Trinajstić information content (AvgIpc) is 2.73. The third-order valence-corrected chi connectivity index (χ3v) is 4.68.